The molecule has 0 radical (unpaired) electrons. The summed E-state index contributed by atoms with van der Waals surface area (Å²) in [5, 5.41) is 0. The molecule has 2 aliphatic rings. The van der Waals surface area contributed by atoms with Crippen LogP contribution in [0.2, 0.25) is 0 Å². The zero-order valence-electron chi connectivity index (χ0n) is 12.7. The van der Waals surface area contributed by atoms with Crippen LogP contribution in [0.5, 0.6) is 0 Å². The molecule has 0 spiro atoms. The summed E-state index contributed by atoms with van der Waals surface area (Å²) in [6, 6.07) is -0.275. The van der Waals surface area contributed by atoms with Gasteiger partial charge in [-0.3, -0.25) is 9.59 Å². The van der Waals surface area contributed by atoms with Crippen molar-refractivity contribution in [2.75, 3.05) is 27.2 Å². The topological polar surface area (TPSA) is 66.6 Å². The fourth-order valence-electron chi connectivity index (χ4n) is 3.60. The molecule has 1 aliphatic heterocycles. The average molecular weight is 281 g/mol. The molecule has 1 heterocycles. The normalized spacial score (nSPS) is 25.6. The van der Waals surface area contributed by atoms with Crippen molar-refractivity contribution in [1.29, 1.82) is 0 Å². The first-order valence-corrected chi connectivity index (χ1v) is 7.74. The third-order valence-electron chi connectivity index (χ3n) is 4.89. The van der Waals surface area contributed by atoms with Gasteiger partial charge in [-0.15, -0.1) is 0 Å². The molecule has 2 N–H and O–H groups in total. The highest BCUT2D eigenvalue weighted by Gasteiger charge is 2.45. The Morgan fingerprint density at radius 2 is 1.85 bits per heavy atom. The van der Waals surface area contributed by atoms with E-state index in [1.807, 2.05) is 0 Å². The van der Waals surface area contributed by atoms with Gasteiger partial charge in [-0.05, 0) is 25.7 Å². The first-order valence-electron chi connectivity index (χ1n) is 7.74. The molecule has 0 aromatic heterocycles. The number of rotatable bonds is 3. The van der Waals surface area contributed by atoms with Gasteiger partial charge in [0.2, 0.25) is 11.8 Å². The van der Waals surface area contributed by atoms with Crippen molar-refractivity contribution < 1.29 is 9.59 Å². The van der Waals surface area contributed by atoms with Crippen molar-refractivity contribution in [3.63, 3.8) is 0 Å². The second-order valence-corrected chi connectivity index (χ2v) is 6.43. The zero-order valence-corrected chi connectivity index (χ0v) is 12.7. The zero-order chi connectivity index (χ0) is 14.8. The smallest absolute Gasteiger partial charge is 0.244 e. The first-order chi connectivity index (χ1) is 9.52. The van der Waals surface area contributed by atoms with Gasteiger partial charge in [0.25, 0.3) is 0 Å². The summed E-state index contributed by atoms with van der Waals surface area (Å²) in [7, 11) is 3.51. The molecule has 2 amide bonds. The van der Waals surface area contributed by atoms with E-state index in [4.69, 9.17) is 5.73 Å². The Labute approximate surface area is 121 Å². The number of nitrogens with two attached hydrogens (primary N) is 1. The van der Waals surface area contributed by atoms with Crippen molar-refractivity contribution in [2.24, 2.45) is 11.1 Å². The number of carbonyl (C=O) groups excluding carboxylic acids is 2. The Bertz CT molecular complexity index is 375. The van der Waals surface area contributed by atoms with Gasteiger partial charge in [0, 0.05) is 27.2 Å². The number of likely N-dealkylation sites (tertiary alicyclic amines) is 1. The van der Waals surface area contributed by atoms with E-state index in [-0.39, 0.29) is 17.9 Å². The van der Waals surface area contributed by atoms with Crippen LogP contribution in [0.4, 0.5) is 0 Å². The molecule has 0 bridgehead atoms. The molecule has 1 saturated heterocycles. The lowest BCUT2D eigenvalue weighted by Gasteiger charge is -2.39. The molecule has 5 nitrogen and oxygen atoms in total. The highest BCUT2D eigenvalue weighted by atomic mass is 16.2. The van der Waals surface area contributed by atoms with E-state index < -0.39 is 5.41 Å². The van der Waals surface area contributed by atoms with Crippen LogP contribution < -0.4 is 5.73 Å². The maximum Gasteiger partial charge on any atom is 0.244 e. The summed E-state index contributed by atoms with van der Waals surface area (Å²) >= 11 is 0. The van der Waals surface area contributed by atoms with E-state index in [1.165, 1.54) is 6.42 Å². The van der Waals surface area contributed by atoms with Gasteiger partial charge in [-0.1, -0.05) is 19.3 Å². The Balaban J connectivity index is 2.16. The Morgan fingerprint density at radius 1 is 1.20 bits per heavy atom. The molecule has 5 heteroatoms. The van der Waals surface area contributed by atoms with Crippen LogP contribution in [0, 0.1) is 5.41 Å². The minimum absolute atomic E-state index is 0.0406. The molecule has 114 valence electrons. The Hall–Kier alpha value is -1.10. The van der Waals surface area contributed by atoms with Gasteiger partial charge in [0.05, 0.1) is 5.41 Å². The van der Waals surface area contributed by atoms with Crippen molar-refractivity contribution in [1.82, 2.24) is 9.80 Å². The number of hydrogen-bond acceptors (Lipinski definition) is 3. The van der Waals surface area contributed by atoms with Crippen molar-refractivity contribution in [3.8, 4) is 0 Å². The first kappa shape index (κ1) is 15.3. The van der Waals surface area contributed by atoms with Crippen molar-refractivity contribution in [3.05, 3.63) is 0 Å². The largest absolute Gasteiger partial charge is 0.347 e. The highest BCUT2D eigenvalue weighted by molar-refractivity contribution is 5.90. The van der Waals surface area contributed by atoms with E-state index in [0.29, 0.717) is 13.1 Å². The van der Waals surface area contributed by atoms with Crippen LogP contribution in [0.3, 0.4) is 0 Å². The predicted molar refractivity (Wildman–Crippen MR) is 78.0 cm³/mol. The van der Waals surface area contributed by atoms with Gasteiger partial charge in [0.15, 0.2) is 0 Å². The van der Waals surface area contributed by atoms with Crippen LogP contribution in [0.1, 0.15) is 44.9 Å². The minimum Gasteiger partial charge on any atom is -0.347 e. The van der Waals surface area contributed by atoms with Gasteiger partial charge >= 0.3 is 0 Å². The van der Waals surface area contributed by atoms with Crippen molar-refractivity contribution in [2.45, 2.75) is 51.0 Å². The monoisotopic (exact) mass is 281 g/mol. The van der Waals surface area contributed by atoms with Crippen LogP contribution in [0.25, 0.3) is 0 Å². The third kappa shape index (κ3) is 2.68. The highest BCUT2D eigenvalue weighted by Crippen LogP contribution is 2.38. The van der Waals surface area contributed by atoms with E-state index in [9.17, 15) is 9.59 Å². The lowest BCUT2D eigenvalue weighted by molar-refractivity contribution is -0.150. The summed E-state index contributed by atoms with van der Waals surface area (Å²) in [5.74, 6) is 0.163. The van der Waals surface area contributed by atoms with Crippen LogP contribution >= 0.6 is 0 Å². The molecule has 20 heavy (non-hydrogen) atoms. The fourth-order valence-corrected chi connectivity index (χ4v) is 3.60. The quantitative estimate of drug-likeness (QED) is 0.838. The molecule has 0 aromatic rings. The molecule has 1 unspecified atom stereocenters. The van der Waals surface area contributed by atoms with Gasteiger partial charge in [-0.2, -0.15) is 0 Å². The standard InChI is InChI=1S/C15H27N3O2/c1-17(2)13(19)12-7-6-10-18(12)14(20)15(11-16)8-4-3-5-9-15/h12H,3-11,16H2,1-2H3. The summed E-state index contributed by atoms with van der Waals surface area (Å²) < 4.78 is 0. The summed E-state index contributed by atoms with van der Waals surface area (Å²) in [4.78, 5) is 28.6. The van der Waals surface area contributed by atoms with Gasteiger partial charge < -0.3 is 15.5 Å². The van der Waals surface area contributed by atoms with Crippen LogP contribution in [0.15, 0.2) is 0 Å². The summed E-state index contributed by atoms with van der Waals surface area (Å²) in [5.41, 5.74) is 5.54. The maximum absolute atomic E-state index is 13.0. The van der Waals surface area contributed by atoms with Crippen molar-refractivity contribution >= 4 is 11.8 Å². The van der Waals surface area contributed by atoms with Gasteiger partial charge in [-0.25, -0.2) is 0 Å². The Kier molecular flexibility index (Phi) is 4.68. The molecular weight excluding hydrogens is 254 g/mol. The average Bonchev–Trinajstić information content (AvgIpc) is 2.95. The number of amides is 2. The second kappa shape index (κ2) is 6.12. The minimum atomic E-state index is -0.409. The number of carbonyl (C=O) groups is 2. The molecule has 1 aliphatic carbocycles. The maximum atomic E-state index is 13.0. The molecule has 1 saturated carbocycles. The summed E-state index contributed by atoms with van der Waals surface area (Å²) in [6.45, 7) is 1.11. The SMILES string of the molecule is CN(C)C(=O)C1CCCN1C(=O)C1(CN)CCCCC1. The van der Waals surface area contributed by atoms with E-state index in [1.54, 1.807) is 23.9 Å². The number of nitrogens with zero attached hydrogens (tertiary/aromatic N) is 2. The molecule has 1 atom stereocenters. The predicted octanol–water partition coefficient (Wildman–Crippen LogP) is 0.975. The van der Waals surface area contributed by atoms with E-state index in [2.05, 4.69) is 0 Å². The van der Waals surface area contributed by atoms with E-state index in [0.717, 1.165) is 38.5 Å². The lowest BCUT2D eigenvalue weighted by Crippen LogP contribution is -2.53. The fraction of sp³-hybridized carbons (Fsp3) is 0.867. The lowest BCUT2D eigenvalue weighted by atomic mass is 9.73. The number of likely N-dealkylation sites (N-methyl/N-ethyl adjacent to an activating group) is 1. The molecular formula is C15H27N3O2. The second-order valence-electron chi connectivity index (χ2n) is 6.43. The van der Waals surface area contributed by atoms with Crippen LogP contribution in [-0.2, 0) is 9.59 Å². The van der Waals surface area contributed by atoms with Gasteiger partial charge in [0.1, 0.15) is 6.04 Å². The Morgan fingerprint density at radius 3 is 2.40 bits per heavy atom. The molecule has 2 rings (SSSR count). The summed E-state index contributed by atoms with van der Waals surface area (Å²) in [6.07, 6.45) is 6.78. The van der Waals surface area contributed by atoms with Crippen LogP contribution in [-0.4, -0.2) is 54.8 Å². The third-order valence-corrected chi connectivity index (χ3v) is 4.89. The van der Waals surface area contributed by atoms with E-state index >= 15 is 0 Å². The molecule has 2 fully saturated rings. The molecule has 0 aromatic carbocycles. The number of hydrogen-bond donors (Lipinski definition) is 1.